The Kier molecular flexibility index (Phi) is 6.59. The standard InChI is InChI=1S/C17H28N2O3S/c1-14-5-4-6-16(11-14)12-19-9-7-17(8-10-19)18-23(20,21)13-15(2)22-3/h4-6,11,15,17-18H,7-10,12-13H2,1-3H3. The highest BCUT2D eigenvalue weighted by molar-refractivity contribution is 7.89. The van der Waals surface area contributed by atoms with Crippen molar-refractivity contribution in [3.8, 4) is 0 Å². The molecular formula is C17H28N2O3S. The van der Waals surface area contributed by atoms with Gasteiger partial charge in [0.1, 0.15) is 0 Å². The Morgan fingerprint density at radius 2 is 2.04 bits per heavy atom. The fourth-order valence-corrected chi connectivity index (χ4v) is 4.55. The zero-order chi connectivity index (χ0) is 16.9. The number of piperidine rings is 1. The summed E-state index contributed by atoms with van der Waals surface area (Å²) in [5.74, 6) is 0.0208. The summed E-state index contributed by atoms with van der Waals surface area (Å²) in [7, 11) is -1.74. The van der Waals surface area contributed by atoms with Crippen LogP contribution in [0.15, 0.2) is 24.3 Å². The highest BCUT2D eigenvalue weighted by atomic mass is 32.2. The van der Waals surface area contributed by atoms with Gasteiger partial charge in [0.05, 0.1) is 11.9 Å². The molecule has 0 amide bonds. The minimum absolute atomic E-state index is 0.0208. The van der Waals surface area contributed by atoms with Gasteiger partial charge in [-0.2, -0.15) is 0 Å². The lowest BCUT2D eigenvalue weighted by molar-refractivity contribution is 0.135. The summed E-state index contributed by atoms with van der Waals surface area (Å²) in [6, 6.07) is 8.58. The van der Waals surface area contributed by atoms with E-state index in [2.05, 4.69) is 40.8 Å². The van der Waals surface area contributed by atoms with Gasteiger partial charge in [-0.3, -0.25) is 4.90 Å². The first-order valence-electron chi connectivity index (χ1n) is 8.18. The molecule has 1 fully saturated rings. The van der Waals surface area contributed by atoms with Crippen LogP contribution in [-0.4, -0.2) is 51.4 Å². The molecule has 0 bridgehead atoms. The summed E-state index contributed by atoms with van der Waals surface area (Å²) < 4.78 is 32.0. The van der Waals surface area contributed by atoms with Gasteiger partial charge in [-0.25, -0.2) is 13.1 Å². The smallest absolute Gasteiger partial charge is 0.214 e. The normalized spacial score (nSPS) is 18.9. The van der Waals surface area contributed by atoms with E-state index in [0.29, 0.717) is 0 Å². The quantitative estimate of drug-likeness (QED) is 0.824. The van der Waals surface area contributed by atoms with Gasteiger partial charge in [0.25, 0.3) is 0 Å². The molecule has 0 aliphatic carbocycles. The Hall–Kier alpha value is -0.950. The van der Waals surface area contributed by atoms with Crippen molar-refractivity contribution in [1.29, 1.82) is 0 Å². The molecule has 1 aliphatic rings. The number of nitrogens with zero attached hydrogens (tertiary/aromatic N) is 1. The summed E-state index contributed by atoms with van der Waals surface area (Å²) in [6.45, 7) is 6.64. The van der Waals surface area contributed by atoms with Crippen molar-refractivity contribution in [2.75, 3.05) is 26.0 Å². The predicted molar refractivity (Wildman–Crippen MR) is 92.9 cm³/mol. The first kappa shape index (κ1) is 18.4. The van der Waals surface area contributed by atoms with Crippen LogP contribution in [0.25, 0.3) is 0 Å². The molecule has 1 N–H and O–H groups in total. The second-order valence-electron chi connectivity index (χ2n) is 6.49. The maximum Gasteiger partial charge on any atom is 0.214 e. The van der Waals surface area contributed by atoms with Crippen molar-refractivity contribution in [3.63, 3.8) is 0 Å². The van der Waals surface area contributed by atoms with Gasteiger partial charge < -0.3 is 4.74 Å². The van der Waals surface area contributed by atoms with Gasteiger partial charge in [0.15, 0.2) is 0 Å². The van der Waals surface area contributed by atoms with Crippen molar-refractivity contribution in [3.05, 3.63) is 35.4 Å². The van der Waals surface area contributed by atoms with E-state index in [4.69, 9.17) is 4.74 Å². The molecule has 1 unspecified atom stereocenters. The van der Waals surface area contributed by atoms with E-state index in [-0.39, 0.29) is 17.9 Å². The molecule has 0 saturated carbocycles. The van der Waals surface area contributed by atoms with Crippen LogP contribution in [0.3, 0.4) is 0 Å². The molecule has 130 valence electrons. The van der Waals surface area contributed by atoms with Gasteiger partial charge in [-0.15, -0.1) is 0 Å². The maximum atomic E-state index is 12.1. The average molecular weight is 340 g/mol. The molecule has 1 aromatic carbocycles. The van der Waals surface area contributed by atoms with E-state index in [1.807, 2.05) is 0 Å². The number of hydrogen-bond acceptors (Lipinski definition) is 4. The van der Waals surface area contributed by atoms with Gasteiger partial charge in [0.2, 0.25) is 10.0 Å². The molecular weight excluding hydrogens is 312 g/mol. The Bertz CT molecular complexity index is 596. The topological polar surface area (TPSA) is 58.6 Å². The molecule has 0 aromatic heterocycles. The number of benzene rings is 1. The minimum Gasteiger partial charge on any atom is -0.381 e. The number of nitrogens with one attached hydrogen (secondary N) is 1. The van der Waals surface area contributed by atoms with Crippen LogP contribution in [0.2, 0.25) is 0 Å². The summed E-state index contributed by atoms with van der Waals surface area (Å²) in [4.78, 5) is 2.39. The number of sulfonamides is 1. The highest BCUT2D eigenvalue weighted by Gasteiger charge is 2.24. The fourth-order valence-electron chi connectivity index (χ4n) is 2.96. The van der Waals surface area contributed by atoms with E-state index >= 15 is 0 Å². The summed E-state index contributed by atoms with van der Waals surface area (Å²) in [5.41, 5.74) is 2.59. The average Bonchev–Trinajstić information content (AvgIpc) is 2.48. The SMILES string of the molecule is COC(C)CS(=O)(=O)NC1CCN(Cc2cccc(C)c2)CC1. The molecule has 23 heavy (non-hydrogen) atoms. The van der Waals surface area contributed by atoms with E-state index < -0.39 is 10.0 Å². The third kappa shape index (κ3) is 6.22. The Morgan fingerprint density at radius 3 is 2.65 bits per heavy atom. The van der Waals surface area contributed by atoms with E-state index in [1.54, 1.807) is 6.92 Å². The van der Waals surface area contributed by atoms with Gasteiger partial charge in [-0.05, 0) is 32.3 Å². The molecule has 1 aliphatic heterocycles. The Balaban J connectivity index is 1.80. The van der Waals surface area contributed by atoms with Crippen LogP contribution < -0.4 is 4.72 Å². The second-order valence-corrected chi connectivity index (χ2v) is 8.28. The number of methoxy groups -OCH3 is 1. The first-order chi connectivity index (χ1) is 10.9. The van der Waals surface area contributed by atoms with E-state index in [1.165, 1.54) is 18.2 Å². The van der Waals surface area contributed by atoms with Crippen molar-refractivity contribution in [1.82, 2.24) is 9.62 Å². The number of rotatable bonds is 7. The van der Waals surface area contributed by atoms with Crippen molar-refractivity contribution in [2.45, 2.75) is 45.4 Å². The number of aryl methyl sites for hydroxylation is 1. The molecule has 1 aromatic rings. The van der Waals surface area contributed by atoms with Crippen molar-refractivity contribution < 1.29 is 13.2 Å². The van der Waals surface area contributed by atoms with Crippen molar-refractivity contribution >= 4 is 10.0 Å². The first-order valence-corrected chi connectivity index (χ1v) is 9.84. The third-order valence-electron chi connectivity index (χ3n) is 4.28. The third-order valence-corrected chi connectivity index (χ3v) is 5.88. The van der Waals surface area contributed by atoms with Crippen LogP contribution in [0.1, 0.15) is 30.9 Å². The second kappa shape index (κ2) is 8.24. The van der Waals surface area contributed by atoms with Crippen LogP contribution in [0.5, 0.6) is 0 Å². The monoisotopic (exact) mass is 340 g/mol. The molecule has 6 heteroatoms. The lowest BCUT2D eigenvalue weighted by Crippen LogP contribution is -2.45. The van der Waals surface area contributed by atoms with Crippen LogP contribution in [0, 0.1) is 6.92 Å². The van der Waals surface area contributed by atoms with E-state index in [0.717, 1.165) is 32.5 Å². The molecule has 0 spiro atoms. The molecule has 1 heterocycles. The molecule has 1 atom stereocenters. The zero-order valence-corrected chi connectivity index (χ0v) is 15.1. The number of likely N-dealkylation sites (tertiary alicyclic amines) is 1. The maximum absolute atomic E-state index is 12.1. The van der Waals surface area contributed by atoms with E-state index in [9.17, 15) is 8.42 Å². The van der Waals surface area contributed by atoms with Crippen LogP contribution >= 0.6 is 0 Å². The highest BCUT2D eigenvalue weighted by Crippen LogP contribution is 2.15. The van der Waals surface area contributed by atoms with Crippen LogP contribution in [0.4, 0.5) is 0 Å². The molecule has 2 rings (SSSR count). The lowest BCUT2D eigenvalue weighted by atomic mass is 10.0. The summed E-state index contributed by atoms with van der Waals surface area (Å²) >= 11 is 0. The van der Waals surface area contributed by atoms with Gasteiger partial charge in [-0.1, -0.05) is 29.8 Å². The molecule has 5 nitrogen and oxygen atoms in total. The van der Waals surface area contributed by atoms with Gasteiger partial charge >= 0.3 is 0 Å². The van der Waals surface area contributed by atoms with Crippen LogP contribution in [-0.2, 0) is 21.3 Å². The number of hydrogen-bond donors (Lipinski definition) is 1. The molecule has 1 saturated heterocycles. The molecule has 0 radical (unpaired) electrons. The minimum atomic E-state index is -3.27. The van der Waals surface area contributed by atoms with Gasteiger partial charge in [0, 0.05) is 32.8 Å². The lowest BCUT2D eigenvalue weighted by Gasteiger charge is -2.32. The Labute approximate surface area is 140 Å². The van der Waals surface area contributed by atoms with Crippen molar-refractivity contribution in [2.24, 2.45) is 0 Å². The summed E-state index contributed by atoms with van der Waals surface area (Å²) in [5, 5.41) is 0. The fraction of sp³-hybridized carbons (Fsp3) is 0.647. The summed E-state index contributed by atoms with van der Waals surface area (Å²) in [6.07, 6.45) is 1.42. The zero-order valence-electron chi connectivity index (χ0n) is 14.3. The predicted octanol–water partition coefficient (Wildman–Crippen LogP) is 1.91. The number of ether oxygens (including phenoxy) is 1. The Morgan fingerprint density at radius 1 is 1.35 bits per heavy atom. The largest absolute Gasteiger partial charge is 0.381 e.